The highest BCUT2D eigenvalue weighted by Crippen LogP contribution is 2.27. The molecule has 126 valence electrons. The average Bonchev–Trinajstić information content (AvgIpc) is 3.00. The van der Waals surface area contributed by atoms with Gasteiger partial charge in [-0.15, -0.1) is 11.3 Å². The Labute approximate surface area is 145 Å². The van der Waals surface area contributed by atoms with Crippen LogP contribution >= 0.6 is 11.3 Å². The molecule has 24 heavy (non-hydrogen) atoms. The summed E-state index contributed by atoms with van der Waals surface area (Å²) in [6, 6.07) is 8.06. The van der Waals surface area contributed by atoms with Crippen LogP contribution in [0.1, 0.15) is 42.3 Å². The number of nitrogens with one attached hydrogen (secondary N) is 1. The number of primary amides is 1. The van der Waals surface area contributed by atoms with Gasteiger partial charge in [-0.2, -0.15) is 0 Å². The molecule has 0 aliphatic heterocycles. The molecule has 0 fully saturated rings. The summed E-state index contributed by atoms with van der Waals surface area (Å²) in [6.07, 6.45) is 4.81. The lowest BCUT2D eigenvalue weighted by Crippen LogP contribution is -2.36. The predicted octanol–water partition coefficient (Wildman–Crippen LogP) is 2.80. The van der Waals surface area contributed by atoms with Gasteiger partial charge in [-0.25, -0.2) is 4.98 Å². The molecule has 3 N–H and O–H groups in total. The normalized spacial score (nSPS) is 13.0. The lowest BCUT2D eigenvalue weighted by Gasteiger charge is -2.14. The summed E-state index contributed by atoms with van der Waals surface area (Å²) in [5.41, 5.74) is 6.02. The number of nitrogens with zero attached hydrogens (tertiary/aromatic N) is 1. The summed E-state index contributed by atoms with van der Waals surface area (Å²) < 4.78 is 0. The van der Waals surface area contributed by atoms with Gasteiger partial charge >= 0.3 is 0 Å². The van der Waals surface area contributed by atoms with Gasteiger partial charge in [0, 0.05) is 22.6 Å². The molecule has 6 heteroatoms. The number of benzene rings is 1. The first-order valence-electron chi connectivity index (χ1n) is 7.56. The minimum atomic E-state index is -0.852. The number of hydrogen-bond donors (Lipinski definition) is 2. The number of aromatic nitrogens is 1. The molecule has 0 aliphatic rings. The zero-order valence-electron chi connectivity index (χ0n) is 13.9. The quantitative estimate of drug-likeness (QED) is 0.819. The number of hydrogen-bond acceptors (Lipinski definition) is 4. The molecule has 2 rings (SSSR count). The maximum atomic E-state index is 12.1. The Morgan fingerprint density at radius 2 is 1.92 bits per heavy atom. The van der Waals surface area contributed by atoms with Crippen LogP contribution in [0.25, 0.3) is 6.08 Å². The van der Waals surface area contributed by atoms with E-state index in [4.69, 9.17) is 5.73 Å². The Hall–Kier alpha value is -2.47. The van der Waals surface area contributed by atoms with Crippen molar-refractivity contribution < 1.29 is 9.59 Å². The molecule has 1 aromatic heterocycles. The lowest BCUT2D eigenvalue weighted by atomic mass is 9.98. The summed E-state index contributed by atoms with van der Waals surface area (Å²) in [5.74, 6) is -0.982. The summed E-state index contributed by atoms with van der Waals surface area (Å²) in [5, 5.41) is 3.63. The van der Waals surface area contributed by atoms with Crippen molar-refractivity contribution in [2.75, 3.05) is 0 Å². The topological polar surface area (TPSA) is 85.1 Å². The van der Waals surface area contributed by atoms with E-state index in [0.29, 0.717) is 5.56 Å². The minimum Gasteiger partial charge on any atom is -0.368 e. The minimum absolute atomic E-state index is 0.0244. The third-order valence-corrected chi connectivity index (χ3v) is 4.66. The van der Waals surface area contributed by atoms with Gasteiger partial charge in [0.15, 0.2) is 0 Å². The Balaban J connectivity index is 2.06. The molecule has 1 atom stereocenters. The smallest absolute Gasteiger partial charge is 0.244 e. The molecule has 1 heterocycles. The van der Waals surface area contributed by atoms with Gasteiger partial charge in [-0.1, -0.05) is 51.1 Å². The molecule has 0 saturated carbocycles. The zero-order chi connectivity index (χ0) is 17.7. The standard InChI is InChI=1S/C18H21N3O2S/c1-18(2,3)17-20-11-13(24-17)9-10-14(22)21-15(16(19)23)12-7-5-4-6-8-12/h4-11,15H,1-3H3,(H2,19,23)(H,21,22)/b10-9+/t15-/m0/s1. The molecule has 0 bridgehead atoms. The summed E-state index contributed by atoms with van der Waals surface area (Å²) in [6.45, 7) is 6.26. The molecule has 5 nitrogen and oxygen atoms in total. The van der Waals surface area contributed by atoms with Gasteiger partial charge in [0.1, 0.15) is 6.04 Å². The average molecular weight is 343 g/mol. The van der Waals surface area contributed by atoms with Gasteiger partial charge in [0.25, 0.3) is 0 Å². The summed E-state index contributed by atoms with van der Waals surface area (Å²) >= 11 is 1.53. The van der Waals surface area contributed by atoms with Gasteiger partial charge in [0.2, 0.25) is 11.8 Å². The van der Waals surface area contributed by atoms with E-state index in [2.05, 4.69) is 31.1 Å². The summed E-state index contributed by atoms with van der Waals surface area (Å²) in [7, 11) is 0. The van der Waals surface area contributed by atoms with E-state index < -0.39 is 11.9 Å². The van der Waals surface area contributed by atoms with Gasteiger partial charge in [0.05, 0.1) is 5.01 Å². The third kappa shape index (κ3) is 4.76. The summed E-state index contributed by atoms with van der Waals surface area (Å²) in [4.78, 5) is 28.9. The van der Waals surface area contributed by atoms with Crippen molar-refractivity contribution in [3.05, 3.63) is 58.1 Å². The maximum absolute atomic E-state index is 12.1. The van der Waals surface area contributed by atoms with E-state index in [1.807, 2.05) is 6.07 Å². The number of carbonyl (C=O) groups is 2. The van der Waals surface area contributed by atoms with E-state index in [-0.39, 0.29) is 11.3 Å². The first-order valence-corrected chi connectivity index (χ1v) is 8.38. The highest BCUT2D eigenvalue weighted by atomic mass is 32.1. The van der Waals surface area contributed by atoms with Crippen LogP contribution in [0, 0.1) is 0 Å². The van der Waals surface area contributed by atoms with Crippen LogP contribution in [0.3, 0.4) is 0 Å². The molecule has 2 amide bonds. The van der Waals surface area contributed by atoms with E-state index in [1.165, 1.54) is 17.4 Å². The van der Waals surface area contributed by atoms with Crippen LogP contribution in [0.2, 0.25) is 0 Å². The van der Waals surface area contributed by atoms with Crippen LogP contribution in [-0.2, 0) is 15.0 Å². The molecular formula is C18H21N3O2S. The van der Waals surface area contributed by atoms with Gasteiger partial charge in [-0.3, -0.25) is 9.59 Å². The first-order chi connectivity index (χ1) is 11.3. The lowest BCUT2D eigenvalue weighted by molar-refractivity contribution is -0.125. The zero-order valence-corrected chi connectivity index (χ0v) is 14.8. The SMILES string of the molecule is CC(C)(C)c1ncc(/C=C/C(=O)N[C@H](C(N)=O)c2ccccc2)s1. The maximum Gasteiger partial charge on any atom is 0.244 e. The Morgan fingerprint density at radius 1 is 1.25 bits per heavy atom. The van der Waals surface area contributed by atoms with Gasteiger partial charge < -0.3 is 11.1 Å². The van der Waals surface area contributed by atoms with E-state index in [1.54, 1.807) is 36.5 Å². The number of nitrogens with two attached hydrogens (primary N) is 1. The second-order valence-corrected chi connectivity index (χ2v) is 7.47. The number of thiazole rings is 1. The highest BCUT2D eigenvalue weighted by Gasteiger charge is 2.19. The number of rotatable bonds is 5. The van der Waals surface area contributed by atoms with Crippen LogP contribution in [-0.4, -0.2) is 16.8 Å². The first kappa shape index (κ1) is 17.9. The fourth-order valence-electron chi connectivity index (χ4n) is 2.02. The van der Waals surface area contributed by atoms with E-state index >= 15 is 0 Å². The molecule has 0 saturated heterocycles. The monoisotopic (exact) mass is 343 g/mol. The van der Waals surface area contributed by atoms with Crippen molar-refractivity contribution in [1.29, 1.82) is 0 Å². The van der Waals surface area contributed by atoms with E-state index in [0.717, 1.165) is 9.88 Å². The fourth-order valence-corrected chi connectivity index (χ4v) is 2.90. The van der Waals surface area contributed by atoms with Crippen LogP contribution in [0.4, 0.5) is 0 Å². The predicted molar refractivity (Wildman–Crippen MR) is 96.4 cm³/mol. The molecule has 1 aromatic carbocycles. The van der Waals surface area contributed by atoms with Crippen LogP contribution in [0.5, 0.6) is 0 Å². The van der Waals surface area contributed by atoms with Crippen molar-refractivity contribution >= 4 is 29.2 Å². The number of carbonyl (C=O) groups excluding carboxylic acids is 2. The second-order valence-electron chi connectivity index (χ2n) is 6.41. The molecule has 0 radical (unpaired) electrons. The largest absolute Gasteiger partial charge is 0.368 e. The van der Waals surface area contributed by atoms with Crippen molar-refractivity contribution in [3.8, 4) is 0 Å². The van der Waals surface area contributed by atoms with Crippen molar-refractivity contribution in [1.82, 2.24) is 10.3 Å². The molecular weight excluding hydrogens is 322 g/mol. The molecule has 2 aromatic rings. The molecule has 0 spiro atoms. The third-order valence-electron chi connectivity index (χ3n) is 3.27. The highest BCUT2D eigenvalue weighted by molar-refractivity contribution is 7.12. The Morgan fingerprint density at radius 3 is 2.46 bits per heavy atom. The van der Waals surface area contributed by atoms with Crippen LogP contribution in [0.15, 0.2) is 42.6 Å². The second kappa shape index (κ2) is 7.40. The fraction of sp³-hybridized carbons (Fsp3) is 0.278. The van der Waals surface area contributed by atoms with Crippen molar-refractivity contribution in [2.24, 2.45) is 5.73 Å². The molecule has 0 unspecified atom stereocenters. The Kier molecular flexibility index (Phi) is 5.51. The van der Waals surface area contributed by atoms with Gasteiger partial charge in [-0.05, 0) is 11.6 Å². The Bertz CT molecular complexity index is 745. The van der Waals surface area contributed by atoms with E-state index in [9.17, 15) is 9.59 Å². The number of amides is 2. The van der Waals surface area contributed by atoms with Crippen molar-refractivity contribution in [3.63, 3.8) is 0 Å². The van der Waals surface area contributed by atoms with Crippen molar-refractivity contribution in [2.45, 2.75) is 32.2 Å². The molecule has 0 aliphatic carbocycles. The van der Waals surface area contributed by atoms with Crippen LogP contribution < -0.4 is 11.1 Å².